The van der Waals surface area contributed by atoms with Crippen molar-refractivity contribution in [2.75, 3.05) is 25.9 Å². The Bertz CT molecular complexity index is 1810. The molecule has 2 aliphatic rings. The van der Waals surface area contributed by atoms with Gasteiger partial charge in [-0.25, -0.2) is 23.4 Å². The number of carbonyl (C=O) groups excluding carboxylic acids is 1. The first kappa shape index (κ1) is 28.2. The lowest BCUT2D eigenvalue weighted by Gasteiger charge is -2.33. The number of hydrogen-bond donors (Lipinski definition) is 2. The molecule has 1 saturated carbocycles. The maximum atomic E-state index is 15.5. The number of carbonyl (C=O) groups is 1. The summed E-state index contributed by atoms with van der Waals surface area (Å²) in [5, 5.41) is 17.9. The van der Waals surface area contributed by atoms with Gasteiger partial charge in [-0.1, -0.05) is 6.07 Å². The molecular weight excluding hydrogens is 561 g/mol. The molecule has 0 unspecified atom stereocenters. The Kier molecular flexibility index (Phi) is 7.23. The quantitative estimate of drug-likeness (QED) is 0.235. The average Bonchev–Trinajstić information content (AvgIpc) is 3.69. The summed E-state index contributed by atoms with van der Waals surface area (Å²) in [6.07, 6.45) is 6.03. The summed E-state index contributed by atoms with van der Waals surface area (Å²) in [5.41, 5.74) is 6.61. The van der Waals surface area contributed by atoms with Crippen LogP contribution in [0, 0.1) is 28.8 Å². The number of anilines is 1. The van der Waals surface area contributed by atoms with Crippen molar-refractivity contribution < 1.29 is 22.7 Å². The van der Waals surface area contributed by atoms with Crippen molar-refractivity contribution in [3.8, 4) is 28.8 Å². The number of nitrogens with zero attached hydrogens (tertiary/aromatic N) is 6. The van der Waals surface area contributed by atoms with E-state index < -0.39 is 17.5 Å². The second-order valence-electron chi connectivity index (χ2n) is 10.7. The Morgan fingerprint density at radius 1 is 1.21 bits per heavy atom. The fourth-order valence-electron chi connectivity index (χ4n) is 5.41. The lowest BCUT2D eigenvalue weighted by Crippen LogP contribution is -2.42. The van der Waals surface area contributed by atoms with Crippen LogP contribution >= 0.6 is 0 Å². The van der Waals surface area contributed by atoms with Crippen LogP contribution in [0.4, 0.5) is 19.0 Å². The first-order chi connectivity index (χ1) is 20.7. The number of likely N-dealkylation sites (N-methyl/N-ethyl adjacent to an activating group) is 1. The van der Waals surface area contributed by atoms with Gasteiger partial charge in [-0.3, -0.25) is 4.79 Å². The Hall–Kier alpha value is -4.96. The molecule has 13 heteroatoms. The zero-order valence-electron chi connectivity index (χ0n) is 23.1. The molecule has 3 heterocycles. The third kappa shape index (κ3) is 5.25. The molecule has 4 aromatic rings. The minimum absolute atomic E-state index is 0.0484. The van der Waals surface area contributed by atoms with Crippen molar-refractivity contribution in [2.24, 2.45) is 0 Å². The third-order valence-corrected chi connectivity index (χ3v) is 7.95. The van der Waals surface area contributed by atoms with E-state index in [0.29, 0.717) is 30.4 Å². The van der Waals surface area contributed by atoms with Gasteiger partial charge in [0.25, 0.3) is 5.91 Å². The number of fused-ring (bicyclic) bond motifs is 1. The maximum Gasteiger partial charge on any atom is 0.264 e. The molecule has 2 aromatic heterocycles. The van der Waals surface area contributed by atoms with Crippen LogP contribution in [-0.4, -0.2) is 56.2 Å². The van der Waals surface area contributed by atoms with Gasteiger partial charge in [0.1, 0.15) is 41.0 Å². The molecule has 1 saturated heterocycles. The summed E-state index contributed by atoms with van der Waals surface area (Å²) in [5.74, 6) is -3.71. The minimum atomic E-state index is -1.19. The SMILES string of the molecule is CNC1(/C=C(\C#N)C(=O)N2CCC[C@@H](n3nc(-c4ccc(Oc5cccc(F)c5F)cc4F)c4c(N)ncnc43)C2)CC1. The van der Waals surface area contributed by atoms with Gasteiger partial charge in [-0.15, -0.1) is 0 Å². The molecule has 2 fully saturated rings. The molecule has 0 bridgehead atoms. The van der Waals surface area contributed by atoms with E-state index in [2.05, 4.69) is 21.4 Å². The van der Waals surface area contributed by atoms with Crippen molar-refractivity contribution in [3.05, 3.63) is 71.8 Å². The number of amides is 1. The Morgan fingerprint density at radius 3 is 2.74 bits per heavy atom. The van der Waals surface area contributed by atoms with Gasteiger partial charge in [0, 0.05) is 30.3 Å². The molecule has 0 spiro atoms. The van der Waals surface area contributed by atoms with E-state index in [4.69, 9.17) is 15.6 Å². The summed E-state index contributed by atoms with van der Waals surface area (Å²) in [6, 6.07) is 9.04. The monoisotopic (exact) mass is 588 g/mol. The highest BCUT2D eigenvalue weighted by atomic mass is 19.2. The highest BCUT2D eigenvalue weighted by Gasteiger charge is 2.40. The lowest BCUT2D eigenvalue weighted by molar-refractivity contribution is -0.128. The number of benzene rings is 2. The highest BCUT2D eigenvalue weighted by molar-refractivity contribution is 5.99. The second kappa shape index (κ2) is 11.0. The van der Waals surface area contributed by atoms with Gasteiger partial charge in [0.15, 0.2) is 17.2 Å². The van der Waals surface area contributed by atoms with Crippen LogP contribution in [0.15, 0.2) is 54.4 Å². The summed E-state index contributed by atoms with van der Waals surface area (Å²) in [7, 11) is 1.81. The standard InChI is InChI=1S/C30H27F3N8O2/c1-36-30(9-10-30)13-17(14-34)29(42)40-11-3-4-18(15-40)41-28-24(27(35)37-16-38-28)26(39-41)20-8-7-19(12-22(20)32)43-23-6-2-5-21(31)25(23)33/h2,5-8,12-13,16,18,36H,3-4,9-11,15H2,1H3,(H2,35,37,38)/b17-13+/t18-/m1/s1. The predicted octanol–water partition coefficient (Wildman–Crippen LogP) is 4.65. The van der Waals surface area contributed by atoms with Crippen LogP contribution in [-0.2, 0) is 4.79 Å². The molecule has 1 aliphatic heterocycles. The van der Waals surface area contributed by atoms with Crippen LogP contribution in [0.5, 0.6) is 11.5 Å². The zero-order valence-corrected chi connectivity index (χ0v) is 23.1. The van der Waals surface area contributed by atoms with Gasteiger partial charge < -0.3 is 20.7 Å². The topological polar surface area (TPSA) is 135 Å². The maximum absolute atomic E-state index is 15.5. The van der Waals surface area contributed by atoms with E-state index in [0.717, 1.165) is 25.0 Å². The molecule has 1 amide bonds. The van der Waals surface area contributed by atoms with Crippen LogP contribution < -0.4 is 15.8 Å². The van der Waals surface area contributed by atoms with Crippen molar-refractivity contribution >= 4 is 22.8 Å². The molecule has 3 N–H and O–H groups in total. The van der Waals surface area contributed by atoms with Gasteiger partial charge in [0.2, 0.25) is 5.82 Å². The molecule has 1 atom stereocenters. The largest absolute Gasteiger partial charge is 0.454 e. The predicted molar refractivity (Wildman–Crippen MR) is 151 cm³/mol. The normalized spacial score (nSPS) is 18.0. The Morgan fingerprint density at radius 2 is 2.02 bits per heavy atom. The van der Waals surface area contributed by atoms with Gasteiger partial charge >= 0.3 is 0 Å². The number of ether oxygens (including phenoxy) is 1. The minimum Gasteiger partial charge on any atom is -0.454 e. The van der Waals surface area contributed by atoms with Crippen molar-refractivity contribution in [2.45, 2.75) is 37.3 Å². The van der Waals surface area contributed by atoms with E-state index in [9.17, 15) is 18.8 Å². The van der Waals surface area contributed by atoms with E-state index >= 15 is 4.39 Å². The van der Waals surface area contributed by atoms with Gasteiger partial charge in [-0.05, 0) is 63.1 Å². The Labute approximate surface area is 244 Å². The number of nitriles is 1. The van der Waals surface area contributed by atoms with Gasteiger partial charge in [0.05, 0.1) is 11.4 Å². The number of nitrogens with one attached hydrogen (secondary N) is 1. The second-order valence-corrected chi connectivity index (χ2v) is 10.7. The number of halogens is 3. The lowest BCUT2D eigenvalue weighted by atomic mass is 10.0. The molecule has 6 rings (SSSR count). The number of nitrogen functional groups attached to an aromatic ring is 1. The molecule has 0 radical (unpaired) electrons. The molecule has 43 heavy (non-hydrogen) atoms. The first-order valence-electron chi connectivity index (χ1n) is 13.7. The Balaban J connectivity index is 1.32. The molecular formula is C30H27F3N8O2. The van der Waals surface area contributed by atoms with Crippen LogP contribution in [0.1, 0.15) is 31.7 Å². The molecule has 10 nitrogen and oxygen atoms in total. The number of hydrogen-bond acceptors (Lipinski definition) is 8. The van der Waals surface area contributed by atoms with Gasteiger partial charge in [-0.2, -0.15) is 14.8 Å². The number of likely N-dealkylation sites (tertiary alicyclic amines) is 1. The van der Waals surface area contributed by atoms with Crippen molar-refractivity contribution in [1.82, 2.24) is 30.0 Å². The fourth-order valence-corrected chi connectivity index (χ4v) is 5.41. The van der Waals surface area contributed by atoms with Crippen molar-refractivity contribution in [3.63, 3.8) is 0 Å². The molecule has 220 valence electrons. The summed E-state index contributed by atoms with van der Waals surface area (Å²) >= 11 is 0. The number of aromatic nitrogens is 4. The van der Waals surface area contributed by atoms with E-state index in [1.165, 1.54) is 30.6 Å². The first-order valence-corrected chi connectivity index (χ1v) is 13.7. The zero-order chi connectivity index (χ0) is 30.3. The van der Waals surface area contributed by atoms with E-state index in [-0.39, 0.29) is 58.2 Å². The smallest absolute Gasteiger partial charge is 0.264 e. The van der Waals surface area contributed by atoms with E-state index in [1.54, 1.807) is 15.7 Å². The molecule has 1 aliphatic carbocycles. The summed E-state index contributed by atoms with van der Waals surface area (Å²) in [6.45, 7) is 0.741. The summed E-state index contributed by atoms with van der Waals surface area (Å²) < 4.78 is 50.2. The third-order valence-electron chi connectivity index (χ3n) is 7.95. The van der Waals surface area contributed by atoms with Crippen molar-refractivity contribution in [1.29, 1.82) is 5.26 Å². The fraction of sp³-hybridized carbons (Fsp3) is 0.300. The number of rotatable bonds is 7. The van der Waals surface area contributed by atoms with Crippen LogP contribution in [0.2, 0.25) is 0 Å². The number of piperidine rings is 1. The average molecular weight is 589 g/mol. The number of nitrogens with two attached hydrogens (primary N) is 1. The molecule has 2 aromatic carbocycles. The van der Waals surface area contributed by atoms with E-state index in [1.807, 2.05) is 7.05 Å². The highest BCUT2D eigenvalue weighted by Crippen LogP contribution is 2.39. The van der Waals surface area contributed by atoms with Crippen LogP contribution in [0.3, 0.4) is 0 Å². The summed E-state index contributed by atoms with van der Waals surface area (Å²) in [4.78, 5) is 23.4. The van der Waals surface area contributed by atoms with Crippen LogP contribution in [0.25, 0.3) is 22.3 Å².